The second-order valence-electron chi connectivity index (χ2n) is 11.1. The van der Waals surface area contributed by atoms with Gasteiger partial charge in [0.15, 0.2) is 0 Å². The standard InChI is InChI=1S/C33H52NO3/c1-4-5-6-7-8-9-10-11-12-13-15-20-30-23-18-24-32(27-30)36-29-37-33(35)25-19-26-34(2,3)28-31-21-16-14-17-22-31/h14,16-18,21-24,27H,4-13,15,19-20,25-26,28-29H2,1-3H3/q+1. The summed E-state index contributed by atoms with van der Waals surface area (Å²) < 4.78 is 11.9. The van der Waals surface area contributed by atoms with Gasteiger partial charge in [0.1, 0.15) is 12.3 Å². The number of ether oxygens (including phenoxy) is 2. The SMILES string of the molecule is CCCCCCCCCCCCCc1cccc(OCOC(=O)CCC[N+](C)(C)Cc2ccccc2)c1. The van der Waals surface area contributed by atoms with Crippen molar-refractivity contribution in [2.75, 3.05) is 27.4 Å². The van der Waals surface area contributed by atoms with Gasteiger partial charge < -0.3 is 14.0 Å². The van der Waals surface area contributed by atoms with Gasteiger partial charge in [-0.3, -0.25) is 4.79 Å². The van der Waals surface area contributed by atoms with E-state index < -0.39 is 0 Å². The first-order valence-electron chi connectivity index (χ1n) is 14.7. The molecule has 0 amide bonds. The van der Waals surface area contributed by atoms with Crippen molar-refractivity contribution in [1.29, 1.82) is 0 Å². The fourth-order valence-corrected chi connectivity index (χ4v) is 4.83. The number of rotatable bonds is 21. The van der Waals surface area contributed by atoms with E-state index in [1.807, 2.05) is 18.2 Å². The molecule has 4 nitrogen and oxygen atoms in total. The number of hydrogen-bond acceptors (Lipinski definition) is 3. The lowest BCUT2D eigenvalue weighted by Gasteiger charge is -2.29. The average molecular weight is 511 g/mol. The minimum Gasteiger partial charge on any atom is -0.457 e. The first-order chi connectivity index (χ1) is 18.0. The molecule has 0 bridgehead atoms. The maximum absolute atomic E-state index is 12.2. The van der Waals surface area contributed by atoms with Crippen LogP contribution in [-0.2, 0) is 22.5 Å². The molecule has 2 rings (SSSR count). The highest BCUT2D eigenvalue weighted by Crippen LogP contribution is 2.17. The molecule has 0 N–H and O–H groups in total. The Labute approximate surface area is 227 Å². The zero-order chi connectivity index (χ0) is 26.6. The fourth-order valence-electron chi connectivity index (χ4n) is 4.83. The summed E-state index contributed by atoms with van der Waals surface area (Å²) in [6, 6.07) is 18.7. The van der Waals surface area contributed by atoms with Crippen LogP contribution in [0.25, 0.3) is 0 Å². The lowest BCUT2D eigenvalue weighted by molar-refractivity contribution is -0.903. The van der Waals surface area contributed by atoms with E-state index in [0.717, 1.165) is 36.2 Å². The smallest absolute Gasteiger partial charge is 0.308 e. The Bertz CT molecular complexity index is 850. The van der Waals surface area contributed by atoms with E-state index in [1.54, 1.807) is 0 Å². The van der Waals surface area contributed by atoms with Crippen molar-refractivity contribution in [1.82, 2.24) is 0 Å². The van der Waals surface area contributed by atoms with E-state index in [1.165, 1.54) is 81.8 Å². The number of carbonyl (C=O) groups excluding carboxylic acids is 1. The predicted molar refractivity (Wildman–Crippen MR) is 155 cm³/mol. The minimum atomic E-state index is -0.197. The molecular formula is C33H52NO3+. The van der Waals surface area contributed by atoms with E-state index in [0.29, 0.717) is 6.42 Å². The molecule has 206 valence electrons. The van der Waals surface area contributed by atoms with Crippen molar-refractivity contribution in [2.45, 2.75) is 103 Å². The van der Waals surface area contributed by atoms with Crippen LogP contribution in [0.3, 0.4) is 0 Å². The van der Waals surface area contributed by atoms with E-state index in [-0.39, 0.29) is 12.8 Å². The highest BCUT2D eigenvalue weighted by Gasteiger charge is 2.16. The number of hydrogen-bond donors (Lipinski definition) is 0. The zero-order valence-electron chi connectivity index (χ0n) is 23.9. The normalized spacial score (nSPS) is 11.4. The minimum absolute atomic E-state index is 0.0248. The number of nitrogens with zero attached hydrogens (tertiary/aromatic N) is 1. The van der Waals surface area contributed by atoms with Crippen LogP contribution in [0.1, 0.15) is 102 Å². The number of aryl methyl sites for hydroxylation is 1. The number of unbranched alkanes of at least 4 members (excludes halogenated alkanes) is 10. The lowest BCUT2D eigenvalue weighted by Crippen LogP contribution is -2.39. The molecule has 0 aromatic heterocycles. The van der Waals surface area contributed by atoms with E-state index in [4.69, 9.17) is 9.47 Å². The molecule has 0 saturated carbocycles. The molecule has 0 aliphatic carbocycles. The third-order valence-electron chi connectivity index (χ3n) is 7.01. The van der Waals surface area contributed by atoms with Crippen molar-refractivity contribution in [3.63, 3.8) is 0 Å². The number of benzene rings is 2. The van der Waals surface area contributed by atoms with Gasteiger partial charge in [0.25, 0.3) is 0 Å². The summed E-state index contributed by atoms with van der Waals surface area (Å²) in [5.74, 6) is 0.575. The van der Waals surface area contributed by atoms with Crippen molar-refractivity contribution >= 4 is 5.97 Å². The Kier molecular flexibility index (Phi) is 15.7. The molecule has 0 saturated heterocycles. The molecule has 2 aromatic rings. The second-order valence-corrected chi connectivity index (χ2v) is 11.1. The average Bonchev–Trinajstić information content (AvgIpc) is 2.88. The van der Waals surface area contributed by atoms with E-state index >= 15 is 0 Å². The Morgan fingerprint density at radius 2 is 1.35 bits per heavy atom. The fraction of sp³-hybridized carbons (Fsp3) is 0.606. The van der Waals surface area contributed by atoms with Crippen LogP contribution in [0.5, 0.6) is 5.75 Å². The molecule has 0 unspecified atom stereocenters. The Balaban J connectivity index is 1.52. The lowest BCUT2D eigenvalue weighted by atomic mass is 10.0. The quantitative estimate of drug-likeness (QED) is 0.0731. The van der Waals surface area contributed by atoms with Gasteiger partial charge in [-0.15, -0.1) is 0 Å². The first-order valence-corrected chi connectivity index (χ1v) is 14.7. The molecule has 37 heavy (non-hydrogen) atoms. The highest BCUT2D eigenvalue weighted by molar-refractivity contribution is 5.69. The molecule has 0 aliphatic heterocycles. The van der Waals surface area contributed by atoms with Crippen molar-refractivity contribution in [3.05, 3.63) is 65.7 Å². The molecule has 0 aliphatic rings. The maximum Gasteiger partial charge on any atom is 0.308 e. The summed E-state index contributed by atoms with van der Waals surface area (Å²) >= 11 is 0. The van der Waals surface area contributed by atoms with Crippen LogP contribution in [0.2, 0.25) is 0 Å². The van der Waals surface area contributed by atoms with Gasteiger partial charge >= 0.3 is 5.97 Å². The molecular weight excluding hydrogens is 458 g/mol. The topological polar surface area (TPSA) is 35.5 Å². The molecule has 0 radical (unpaired) electrons. The van der Waals surface area contributed by atoms with Gasteiger partial charge in [-0.25, -0.2) is 0 Å². The Hall–Kier alpha value is -2.33. The maximum atomic E-state index is 12.2. The Morgan fingerprint density at radius 3 is 2.03 bits per heavy atom. The summed E-state index contributed by atoms with van der Waals surface area (Å²) in [6.45, 7) is 4.13. The summed E-state index contributed by atoms with van der Waals surface area (Å²) in [5.41, 5.74) is 2.60. The van der Waals surface area contributed by atoms with Crippen LogP contribution in [0.4, 0.5) is 0 Å². The van der Waals surface area contributed by atoms with Crippen LogP contribution >= 0.6 is 0 Å². The van der Waals surface area contributed by atoms with Crippen molar-refractivity contribution in [2.24, 2.45) is 0 Å². The van der Waals surface area contributed by atoms with Gasteiger partial charge in [-0.1, -0.05) is 114 Å². The van der Waals surface area contributed by atoms with Crippen molar-refractivity contribution < 1.29 is 18.8 Å². The molecule has 2 aromatic carbocycles. The van der Waals surface area contributed by atoms with Crippen LogP contribution in [0.15, 0.2) is 54.6 Å². The van der Waals surface area contributed by atoms with Gasteiger partial charge in [0.2, 0.25) is 6.79 Å². The Morgan fingerprint density at radius 1 is 0.730 bits per heavy atom. The summed E-state index contributed by atoms with van der Waals surface area (Å²) in [5, 5.41) is 0. The molecule has 0 spiro atoms. The highest BCUT2D eigenvalue weighted by atomic mass is 16.7. The van der Waals surface area contributed by atoms with Crippen LogP contribution in [0, 0.1) is 0 Å². The second kappa shape index (κ2) is 18.8. The van der Waals surface area contributed by atoms with Crippen molar-refractivity contribution in [3.8, 4) is 5.75 Å². The molecule has 0 fully saturated rings. The molecule has 0 atom stereocenters. The third kappa shape index (κ3) is 15.5. The van der Waals surface area contributed by atoms with Crippen LogP contribution in [-0.4, -0.2) is 37.9 Å². The number of quaternary nitrogens is 1. The van der Waals surface area contributed by atoms with Gasteiger partial charge in [0.05, 0.1) is 27.1 Å². The van der Waals surface area contributed by atoms with Gasteiger partial charge in [-0.2, -0.15) is 0 Å². The number of esters is 1. The molecule has 0 heterocycles. The first kappa shape index (κ1) is 30.9. The van der Waals surface area contributed by atoms with Gasteiger partial charge in [0, 0.05) is 12.0 Å². The van der Waals surface area contributed by atoms with Crippen LogP contribution < -0.4 is 4.74 Å². The van der Waals surface area contributed by atoms with E-state index in [2.05, 4.69) is 57.4 Å². The summed E-state index contributed by atoms with van der Waals surface area (Å²) in [7, 11) is 4.40. The zero-order valence-corrected chi connectivity index (χ0v) is 23.9. The third-order valence-corrected chi connectivity index (χ3v) is 7.01. The predicted octanol–water partition coefficient (Wildman–Crippen LogP) is 8.48. The number of carbonyl (C=O) groups is 1. The summed E-state index contributed by atoms with van der Waals surface area (Å²) in [6.07, 6.45) is 17.3. The monoisotopic (exact) mass is 510 g/mol. The van der Waals surface area contributed by atoms with E-state index in [9.17, 15) is 4.79 Å². The molecule has 4 heteroatoms. The summed E-state index contributed by atoms with van der Waals surface area (Å²) in [4.78, 5) is 12.2. The van der Waals surface area contributed by atoms with Gasteiger partial charge in [-0.05, 0) is 30.5 Å². The largest absolute Gasteiger partial charge is 0.457 e.